The molecule has 0 spiro atoms. The van der Waals surface area contributed by atoms with Gasteiger partial charge in [0.15, 0.2) is 0 Å². The van der Waals surface area contributed by atoms with E-state index >= 15 is 0 Å². The molecule has 1 amide bonds. The lowest BCUT2D eigenvalue weighted by Gasteiger charge is -2.25. The molecule has 0 unspecified atom stereocenters. The highest BCUT2D eigenvalue weighted by Gasteiger charge is 2.15. The molecule has 1 rings (SSSR count). The van der Waals surface area contributed by atoms with Gasteiger partial charge in [0, 0.05) is 20.6 Å². The summed E-state index contributed by atoms with van der Waals surface area (Å²) in [6.45, 7) is 1.24. The van der Waals surface area contributed by atoms with E-state index in [4.69, 9.17) is 5.73 Å². The van der Waals surface area contributed by atoms with Crippen molar-refractivity contribution in [2.75, 3.05) is 38.6 Å². The first kappa shape index (κ1) is 14.4. The number of nitrogens with zero attached hydrogens (tertiary/aromatic N) is 2. The van der Waals surface area contributed by atoms with Crippen LogP contribution >= 0.6 is 0 Å². The van der Waals surface area contributed by atoms with Crippen LogP contribution in [0.2, 0.25) is 0 Å². The number of carbonyl (C=O) groups excluding carboxylic acids is 1. The van der Waals surface area contributed by atoms with Crippen LogP contribution in [0.4, 0.5) is 10.1 Å². The van der Waals surface area contributed by atoms with Crippen molar-refractivity contribution in [2.24, 2.45) is 5.73 Å². The number of anilines is 1. The number of benzene rings is 1. The largest absolute Gasteiger partial charge is 0.360 e. The lowest BCUT2D eigenvalue weighted by atomic mass is 10.2. The molecule has 5 heteroatoms. The van der Waals surface area contributed by atoms with Gasteiger partial charge in [0.1, 0.15) is 5.82 Å². The van der Waals surface area contributed by atoms with Crippen LogP contribution in [-0.4, -0.2) is 44.5 Å². The number of para-hydroxylation sites is 1. The quantitative estimate of drug-likeness (QED) is 0.825. The smallest absolute Gasteiger partial charge is 0.241 e. The number of halogens is 1. The summed E-state index contributed by atoms with van der Waals surface area (Å²) in [6, 6.07) is 6.46. The van der Waals surface area contributed by atoms with E-state index in [1.165, 1.54) is 11.0 Å². The van der Waals surface area contributed by atoms with Gasteiger partial charge in [0.2, 0.25) is 5.91 Å². The molecule has 0 aromatic heterocycles. The fourth-order valence-electron chi connectivity index (χ4n) is 1.58. The zero-order valence-electron chi connectivity index (χ0n) is 10.9. The lowest BCUT2D eigenvalue weighted by molar-refractivity contribution is -0.127. The summed E-state index contributed by atoms with van der Waals surface area (Å²) in [5.74, 6) is -0.378. The Labute approximate surface area is 107 Å². The van der Waals surface area contributed by atoms with Crippen LogP contribution in [0.15, 0.2) is 24.3 Å². The van der Waals surface area contributed by atoms with Crippen LogP contribution in [0.1, 0.15) is 6.42 Å². The van der Waals surface area contributed by atoms with Gasteiger partial charge in [-0.1, -0.05) is 12.1 Å². The van der Waals surface area contributed by atoms with Crippen molar-refractivity contribution < 1.29 is 9.18 Å². The van der Waals surface area contributed by atoms with Gasteiger partial charge in [-0.3, -0.25) is 4.79 Å². The Morgan fingerprint density at radius 3 is 2.56 bits per heavy atom. The minimum atomic E-state index is -0.318. The Morgan fingerprint density at radius 1 is 1.33 bits per heavy atom. The zero-order chi connectivity index (χ0) is 13.5. The second-order valence-corrected chi connectivity index (χ2v) is 4.30. The molecular formula is C13H20FN3O. The molecule has 0 aliphatic carbocycles. The number of hydrogen-bond acceptors (Lipinski definition) is 3. The summed E-state index contributed by atoms with van der Waals surface area (Å²) in [5.41, 5.74) is 5.91. The van der Waals surface area contributed by atoms with Gasteiger partial charge in [-0.05, 0) is 25.1 Å². The van der Waals surface area contributed by atoms with Crippen molar-refractivity contribution in [1.82, 2.24) is 4.90 Å². The Kier molecular flexibility index (Phi) is 5.58. The molecule has 2 N–H and O–H groups in total. The Morgan fingerprint density at radius 2 is 2.00 bits per heavy atom. The van der Waals surface area contributed by atoms with Crippen LogP contribution in [0.3, 0.4) is 0 Å². The number of hydrogen-bond donors (Lipinski definition) is 1. The second-order valence-electron chi connectivity index (χ2n) is 4.30. The molecule has 0 fully saturated rings. The van der Waals surface area contributed by atoms with Crippen LogP contribution in [0, 0.1) is 5.82 Å². The highest BCUT2D eigenvalue weighted by Crippen LogP contribution is 2.18. The summed E-state index contributed by atoms with van der Waals surface area (Å²) in [4.78, 5) is 15.0. The van der Waals surface area contributed by atoms with Gasteiger partial charge < -0.3 is 15.5 Å². The van der Waals surface area contributed by atoms with E-state index in [0.717, 1.165) is 6.42 Å². The molecule has 0 atom stereocenters. The van der Waals surface area contributed by atoms with Crippen LogP contribution < -0.4 is 10.6 Å². The molecule has 0 saturated carbocycles. The monoisotopic (exact) mass is 253 g/mol. The maximum absolute atomic E-state index is 13.7. The molecule has 1 aromatic carbocycles. The van der Waals surface area contributed by atoms with Crippen molar-refractivity contribution in [3.8, 4) is 0 Å². The molecule has 18 heavy (non-hydrogen) atoms. The van der Waals surface area contributed by atoms with Crippen molar-refractivity contribution in [1.29, 1.82) is 0 Å². The SMILES string of the molecule is CN(C)C(=O)CN(CCCN)c1ccccc1F. The van der Waals surface area contributed by atoms with Crippen molar-refractivity contribution in [2.45, 2.75) is 6.42 Å². The first-order chi connectivity index (χ1) is 8.56. The van der Waals surface area contributed by atoms with E-state index in [-0.39, 0.29) is 18.3 Å². The number of rotatable bonds is 6. The summed E-state index contributed by atoms with van der Waals surface area (Å²) < 4.78 is 13.7. The Balaban J connectivity index is 2.84. The van der Waals surface area contributed by atoms with Crippen LogP contribution in [-0.2, 0) is 4.79 Å². The molecule has 0 aliphatic heterocycles. The highest BCUT2D eigenvalue weighted by atomic mass is 19.1. The number of amides is 1. The molecule has 1 aromatic rings. The van der Waals surface area contributed by atoms with E-state index < -0.39 is 0 Å². The second kappa shape index (κ2) is 6.96. The third kappa shape index (κ3) is 4.00. The summed E-state index contributed by atoms with van der Waals surface area (Å²) in [7, 11) is 3.37. The van der Waals surface area contributed by atoms with E-state index in [2.05, 4.69) is 0 Å². The van der Waals surface area contributed by atoms with Gasteiger partial charge in [-0.25, -0.2) is 4.39 Å². The third-order valence-corrected chi connectivity index (χ3v) is 2.65. The van der Waals surface area contributed by atoms with Crippen molar-refractivity contribution >= 4 is 11.6 Å². The first-order valence-corrected chi connectivity index (χ1v) is 5.96. The molecular weight excluding hydrogens is 233 g/mol. The number of likely N-dealkylation sites (N-methyl/N-ethyl adjacent to an activating group) is 1. The fourth-order valence-corrected chi connectivity index (χ4v) is 1.58. The normalized spacial score (nSPS) is 10.2. The van der Waals surface area contributed by atoms with E-state index in [1.54, 1.807) is 37.2 Å². The third-order valence-electron chi connectivity index (χ3n) is 2.65. The fraction of sp³-hybridized carbons (Fsp3) is 0.462. The summed E-state index contributed by atoms with van der Waals surface area (Å²) in [6.07, 6.45) is 0.717. The lowest BCUT2D eigenvalue weighted by Crippen LogP contribution is -2.38. The van der Waals surface area contributed by atoms with Gasteiger partial charge >= 0.3 is 0 Å². The predicted molar refractivity (Wildman–Crippen MR) is 71.0 cm³/mol. The van der Waals surface area contributed by atoms with Crippen molar-refractivity contribution in [3.05, 3.63) is 30.1 Å². The molecule has 4 nitrogen and oxygen atoms in total. The molecule has 0 saturated heterocycles. The highest BCUT2D eigenvalue weighted by molar-refractivity contribution is 5.81. The van der Waals surface area contributed by atoms with Crippen LogP contribution in [0.5, 0.6) is 0 Å². The van der Waals surface area contributed by atoms with Crippen molar-refractivity contribution in [3.63, 3.8) is 0 Å². The average molecular weight is 253 g/mol. The van der Waals surface area contributed by atoms with Crippen LogP contribution in [0.25, 0.3) is 0 Å². The Hall–Kier alpha value is -1.62. The number of carbonyl (C=O) groups is 1. The standard InChI is InChI=1S/C13H20FN3O/c1-16(2)13(18)10-17(9-5-8-15)12-7-4-3-6-11(12)14/h3-4,6-7H,5,8-10,15H2,1-2H3. The predicted octanol–water partition coefficient (Wildman–Crippen LogP) is 1.07. The minimum Gasteiger partial charge on any atom is -0.360 e. The molecule has 100 valence electrons. The Bertz CT molecular complexity index is 396. The molecule has 0 aliphatic rings. The molecule has 0 bridgehead atoms. The van der Waals surface area contributed by atoms with Gasteiger partial charge in [-0.15, -0.1) is 0 Å². The van der Waals surface area contributed by atoms with E-state index in [1.807, 2.05) is 0 Å². The minimum absolute atomic E-state index is 0.0599. The average Bonchev–Trinajstić information content (AvgIpc) is 2.35. The molecule has 0 heterocycles. The van der Waals surface area contributed by atoms with E-state index in [0.29, 0.717) is 18.8 Å². The summed E-state index contributed by atoms with van der Waals surface area (Å²) >= 11 is 0. The molecule has 0 radical (unpaired) electrons. The topological polar surface area (TPSA) is 49.6 Å². The maximum Gasteiger partial charge on any atom is 0.241 e. The maximum atomic E-state index is 13.7. The zero-order valence-corrected chi connectivity index (χ0v) is 10.9. The first-order valence-electron chi connectivity index (χ1n) is 5.96. The van der Waals surface area contributed by atoms with Gasteiger partial charge in [0.25, 0.3) is 0 Å². The summed E-state index contributed by atoms with van der Waals surface area (Å²) in [5, 5.41) is 0. The van der Waals surface area contributed by atoms with Gasteiger partial charge in [0.05, 0.1) is 12.2 Å². The van der Waals surface area contributed by atoms with Gasteiger partial charge in [-0.2, -0.15) is 0 Å². The van der Waals surface area contributed by atoms with E-state index in [9.17, 15) is 9.18 Å². The number of nitrogens with two attached hydrogens (primary N) is 1.